The third kappa shape index (κ3) is 43.0. The van der Waals surface area contributed by atoms with Crippen LogP contribution >= 0.6 is 7.82 Å². The molecule has 0 rings (SSSR count). The van der Waals surface area contributed by atoms with Crippen molar-refractivity contribution in [2.24, 2.45) is 0 Å². The number of aliphatic hydroxyl groups is 2. The van der Waals surface area contributed by atoms with E-state index in [1.165, 1.54) is 19.3 Å². The van der Waals surface area contributed by atoms with Crippen LogP contribution in [0.3, 0.4) is 0 Å². The number of carbonyl (C=O) groups excluding carboxylic acids is 2. The SMILES string of the molecule is CC/C=C\C[C@@H](O)/C=C/C=C\C/C=C\C=C\[C@@H](O)/C=C\CCCC(=O)OC[C@H](COP(=O)([O-])OCC[N+](C)(C)C)OC(=O)CCC/C=C\C/C=C\C/C=C\C/C=C\CCCCC. The van der Waals surface area contributed by atoms with Crippen LogP contribution in [-0.2, 0) is 32.7 Å². The number of unbranched alkanes of at least 4 members (excludes halogenated alkanes) is 5. The number of hydrogen-bond donors (Lipinski definition) is 2. The van der Waals surface area contributed by atoms with Crippen molar-refractivity contribution in [3.05, 3.63) is 122 Å². The smallest absolute Gasteiger partial charge is 0.306 e. The van der Waals surface area contributed by atoms with E-state index in [-0.39, 0.29) is 26.1 Å². The highest BCUT2D eigenvalue weighted by molar-refractivity contribution is 7.45. The fourth-order valence-electron chi connectivity index (χ4n) is 5.09. The van der Waals surface area contributed by atoms with Gasteiger partial charge in [-0.15, -0.1) is 0 Å². The van der Waals surface area contributed by atoms with Crippen LogP contribution in [0.2, 0.25) is 0 Å². The second-order valence-electron chi connectivity index (χ2n) is 15.7. The van der Waals surface area contributed by atoms with Gasteiger partial charge in [0.15, 0.2) is 6.10 Å². The van der Waals surface area contributed by atoms with E-state index in [9.17, 15) is 29.3 Å². The van der Waals surface area contributed by atoms with Gasteiger partial charge in [-0.2, -0.15) is 0 Å². The van der Waals surface area contributed by atoms with E-state index < -0.39 is 44.7 Å². The molecule has 0 spiro atoms. The van der Waals surface area contributed by atoms with Crippen molar-refractivity contribution >= 4 is 19.8 Å². The van der Waals surface area contributed by atoms with Gasteiger partial charge in [0.05, 0.1) is 40.0 Å². The van der Waals surface area contributed by atoms with Crippen molar-refractivity contribution in [2.75, 3.05) is 47.5 Å². The fraction of sp³-hybridized carbons (Fsp3) is 0.560. The molecule has 0 aromatic heterocycles. The van der Waals surface area contributed by atoms with Gasteiger partial charge in [0.25, 0.3) is 7.82 Å². The van der Waals surface area contributed by atoms with Crippen molar-refractivity contribution in [1.29, 1.82) is 0 Å². The van der Waals surface area contributed by atoms with Crippen LogP contribution in [-0.4, -0.2) is 92.5 Å². The largest absolute Gasteiger partial charge is 0.756 e. The van der Waals surface area contributed by atoms with E-state index in [4.69, 9.17) is 18.5 Å². The number of rotatable bonds is 38. The maximum absolute atomic E-state index is 12.7. The van der Waals surface area contributed by atoms with Gasteiger partial charge in [-0.3, -0.25) is 14.2 Å². The standard InChI is InChI=1S/C50H80NO10P/c1-6-8-10-11-12-13-14-15-16-17-18-19-20-21-25-28-34-41-50(55)61-48(45-60-62(56,57)59-43-42-51(3,4)5)44-58-49(54)40-35-29-33-39-47(53)38-32-27-24-22-23-26-31-37-46(52)36-30-9-7-2/h9,12-13,15-16,18-19,21,23-27,30-33,37-39,46-48,52-53H,6-8,10-11,14,17,20,22,28-29,34-36,40-45H2,1-5H3/b13-12-,16-15-,19-18-,25-21-,26-23-,27-24-,30-9-,37-31+,38-32+,39-33-/t46-,47-,48-/m1/s1. The first-order valence-corrected chi connectivity index (χ1v) is 23.9. The highest BCUT2D eigenvalue weighted by atomic mass is 31.2. The van der Waals surface area contributed by atoms with Gasteiger partial charge in [-0.1, -0.05) is 148 Å². The monoisotopic (exact) mass is 886 g/mol. The Balaban J connectivity index is 4.71. The quantitative estimate of drug-likeness (QED) is 0.0153. The Morgan fingerprint density at radius 1 is 0.629 bits per heavy atom. The number of likely N-dealkylation sites (N-methyl/N-ethyl adjacent to an activating group) is 1. The molecule has 350 valence electrons. The summed E-state index contributed by atoms with van der Waals surface area (Å²) in [4.78, 5) is 37.6. The number of ether oxygens (including phenoxy) is 2. The molecule has 12 heteroatoms. The summed E-state index contributed by atoms with van der Waals surface area (Å²) in [7, 11) is 0.993. The highest BCUT2D eigenvalue weighted by Gasteiger charge is 2.21. The normalized spacial score (nSPS) is 15.7. The van der Waals surface area contributed by atoms with Gasteiger partial charge in [-0.05, 0) is 77.0 Å². The molecule has 62 heavy (non-hydrogen) atoms. The molecule has 0 heterocycles. The molecule has 0 aliphatic carbocycles. The zero-order valence-corrected chi connectivity index (χ0v) is 39.4. The van der Waals surface area contributed by atoms with Gasteiger partial charge < -0.3 is 38.1 Å². The topological polar surface area (TPSA) is 152 Å². The minimum absolute atomic E-state index is 0.0708. The fourth-order valence-corrected chi connectivity index (χ4v) is 5.82. The number of quaternary nitrogens is 1. The van der Waals surface area contributed by atoms with E-state index in [0.717, 1.165) is 32.1 Å². The molecule has 1 unspecified atom stereocenters. The van der Waals surface area contributed by atoms with Crippen LogP contribution < -0.4 is 4.89 Å². The van der Waals surface area contributed by atoms with Crippen LogP contribution in [0.25, 0.3) is 0 Å². The Morgan fingerprint density at radius 2 is 1.19 bits per heavy atom. The zero-order valence-electron chi connectivity index (χ0n) is 38.5. The minimum Gasteiger partial charge on any atom is -0.756 e. The number of hydrogen-bond acceptors (Lipinski definition) is 10. The number of phosphoric acid groups is 1. The molecule has 0 bridgehead atoms. The van der Waals surface area contributed by atoms with Gasteiger partial charge >= 0.3 is 11.9 Å². The van der Waals surface area contributed by atoms with Crippen LogP contribution in [0.5, 0.6) is 0 Å². The van der Waals surface area contributed by atoms with Crippen LogP contribution in [0, 0.1) is 0 Å². The Morgan fingerprint density at radius 3 is 1.81 bits per heavy atom. The van der Waals surface area contributed by atoms with Crippen molar-refractivity contribution in [2.45, 2.75) is 135 Å². The molecule has 0 amide bonds. The summed E-state index contributed by atoms with van der Waals surface area (Å²) in [5, 5.41) is 20.0. The molecular weight excluding hydrogens is 806 g/mol. The number of phosphoric ester groups is 1. The van der Waals surface area contributed by atoms with E-state index in [1.807, 2.05) is 75.8 Å². The third-order valence-corrected chi connectivity index (χ3v) is 9.60. The summed E-state index contributed by atoms with van der Waals surface area (Å²) >= 11 is 0. The third-order valence-electron chi connectivity index (χ3n) is 8.64. The maximum atomic E-state index is 12.7. The summed E-state index contributed by atoms with van der Waals surface area (Å²) in [6.07, 6.45) is 48.8. The van der Waals surface area contributed by atoms with Crippen molar-refractivity contribution < 1.29 is 52.3 Å². The lowest BCUT2D eigenvalue weighted by atomic mass is 10.2. The van der Waals surface area contributed by atoms with Crippen LogP contribution in [0.1, 0.15) is 117 Å². The zero-order chi connectivity index (χ0) is 46.0. The van der Waals surface area contributed by atoms with Gasteiger partial charge in [0.1, 0.15) is 19.8 Å². The predicted octanol–water partition coefficient (Wildman–Crippen LogP) is 10.2. The minimum atomic E-state index is -4.70. The first-order valence-electron chi connectivity index (χ1n) is 22.5. The molecule has 0 saturated heterocycles. The van der Waals surface area contributed by atoms with E-state index in [2.05, 4.69) is 50.3 Å². The molecule has 0 aromatic carbocycles. The average molecular weight is 886 g/mol. The summed E-state index contributed by atoms with van der Waals surface area (Å²) in [5.74, 6) is -1.10. The molecule has 0 aliphatic rings. The van der Waals surface area contributed by atoms with Crippen molar-refractivity contribution in [1.82, 2.24) is 0 Å². The predicted molar refractivity (Wildman–Crippen MR) is 252 cm³/mol. The number of allylic oxidation sites excluding steroid dienone is 16. The molecule has 4 atom stereocenters. The van der Waals surface area contributed by atoms with Gasteiger partial charge in [0.2, 0.25) is 0 Å². The molecule has 0 saturated carbocycles. The van der Waals surface area contributed by atoms with Crippen LogP contribution in [0.4, 0.5) is 0 Å². The van der Waals surface area contributed by atoms with E-state index >= 15 is 0 Å². The number of carbonyl (C=O) groups is 2. The maximum Gasteiger partial charge on any atom is 0.306 e. The summed E-state index contributed by atoms with van der Waals surface area (Å²) in [5.41, 5.74) is 0. The molecule has 0 aliphatic heterocycles. The summed E-state index contributed by atoms with van der Waals surface area (Å²) < 4.78 is 33.7. The Hall–Kier alpha value is -3.67. The Labute approximate surface area is 374 Å². The first kappa shape index (κ1) is 58.3. The molecule has 11 nitrogen and oxygen atoms in total. The molecule has 2 N–H and O–H groups in total. The number of esters is 2. The number of aliphatic hydroxyl groups excluding tert-OH is 2. The first-order chi connectivity index (χ1) is 29.8. The van der Waals surface area contributed by atoms with E-state index in [0.29, 0.717) is 49.6 Å². The summed E-state index contributed by atoms with van der Waals surface area (Å²) in [6, 6.07) is 0. The Kier molecular flexibility index (Phi) is 37.8. The van der Waals surface area contributed by atoms with Crippen LogP contribution in [0.15, 0.2) is 122 Å². The molecule has 0 aromatic rings. The lowest BCUT2D eigenvalue weighted by Crippen LogP contribution is -2.37. The van der Waals surface area contributed by atoms with Crippen molar-refractivity contribution in [3.63, 3.8) is 0 Å². The van der Waals surface area contributed by atoms with Gasteiger partial charge in [-0.25, -0.2) is 0 Å². The van der Waals surface area contributed by atoms with Crippen molar-refractivity contribution in [3.8, 4) is 0 Å². The lowest BCUT2D eigenvalue weighted by molar-refractivity contribution is -0.870. The molecule has 0 fully saturated rings. The lowest BCUT2D eigenvalue weighted by Gasteiger charge is -2.28. The van der Waals surface area contributed by atoms with E-state index in [1.54, 1.807) is 30.4 Å². The van der Waals surface area contributed by atoms with Gasteiger partial charge in [0, 0.05) is 12.8 Å². The summed E-state index contributed by atoms with van der Waals surface area (Å²) in [6.45, 7) is 3.68. The molecule has 0 radical (unpaired) electrons. The second-order valence-corrected chi connectivity index (χ2v) is 17.1. The second kappa shape index (κ2) is 40.1. The number of nitrogens with zero attached hydrogens (tertiary/aromatic N) is 1. The Bertz CT molecular complexity index is 1500. The molecular formula is C50H80NO10P. The average Bonchev–Trinajstić information content (AvgIpc) is 3.21. The highest BCUT2D eigenvalue weighted by Crippen LogP contribution is 2.38.